The SMILES string of the molecule is COc1ccc(CNC(=O)Cc2sc(=S)[nH]c2C)cc1. The largest absolute Gasteiger partial charge is 0.497 e. The molecule has 0 unspecified atom stereocenters. The molecule has 0 saturated carbocycles. The van der Waals surface area contributed by atoms with Crippen LogP contribution >= 0.6 is 23.6 Å². The number of carbonyl (C=O) groups excluding carboxylic acids is 1. The van der Waals surface area contributed by atoms with Gasteiger partial charge in [-0.3, -0.25) is 4.79 Å². The first-order valence-corrected chi connectivity index (χ1v) is 7.39. The highest BCUT2D eigenvalue weighted by Crippen LogP contribution is 2.15. The minimum atomic E-state index is -0.00540. The lowest BCUT2D eigenvalue weighted by Crippen LogP contribution is -2.24. The highest BCUT2D eigenvalue weighted by Gasteiger charge is 2.08. The average molecular weight is 308 g/mol. The predicted molar refractivity (Wildman–Crippen MR) is 82.8 cm³/mol. The van der Waals surface area contributed by atoms with Gasteiger partial charge < -0.3 is 15.0 Å². The molecule has 0 atom stereocenters. The van der Waals surface area contributed by atoms with E-state index in [4.69, 9.17) is 17.0 Å². The Bertz CT molecular complexity index is 644. The van der Waals surface area contributed by atoms with Gasteiger partial charge in [-0.15, -0.1) is 11.3 Å². The number of rotatable bonds is 5. The van der Waals surface area contributed by atoms with Gasteiger partial charge in [0.2, 0.25) is 5.91 Å². The molecule has 1 aromatic carbocycles. The van der Waals surface area contributed by atoms with Crippen molar-refractivity contribution in [2.45, 2.75) is 19.9 Å². The standard InChI is InChI=1S/C14H16N2O2S2/c1-9-12(20-14(19)16-9)7-13(17)15-8-10-3-5-11(18-2)6-4-10/h3-6H,7-8H2,1-2H3,(H,15,17)(H,16,19). The summed E-state index contributed by atoms with van der Waals surface area (Å²) in [5.41, 5.74) is 2.01. The summed E-state index contributed by atoms with van der Waals surface area (Å²) in [5.74, 6) is 0.803. The molecule has 1 heterocycles. The fraction of sp³-hybridized carbons (Fsp3) is 0.286. The molecule has 0 radical (unpaired) electrons. The maximum atomic E-state index is 11.9. The van der Waals surface area contributed by atoms with Crippen molar-refractivity contribution in [2.24, 2.45) is 0 Å². The van der Waals surface area contributed by atoms with Gasteiger partial charge in [0.15, 0.2) is 3.95 Å². The van der Waals surface area contributed by atoms with E-state index in [9.17, 15) is 4.79 Å². The van der Waals surface area contributed by atoms with Crippen molar-refractivity contribution in [3.63, 3.8) is 0 Å². The van der Waals surface area contributed by atoms with E-state index in [-0.39, 0.29) is 5.91 Å². The monoisotopic (exact) mass is 308 g/mol. The van der Waals surface area contributed by atoms with E-state index in [0.717, 1.165) is 21.9 Å². The molecule has 2 aromatic rings. The number of hydrogen-bond acceptors (Lipinski definition) is 4. The fourth-order valence-electron chi connectivity index (χ4n) is 1.76. The number of thiazole rings is 1. The molecule has 2 N–H and O–H groups in total. The smallest absolute Gasteiger partial charge is 0.225 e. The summed E-state index contributed by atoms with van der Waals surface area (Å²) in [5, 5.41) is 2.90. The second kappa shape index (κ2) is 6.67. The molecule has 4 nitrogen and oxygen atoms in total. The van der Waals surface area contributed by atoms with Gasteiger partial charge in [0.25, 0.3) is 0 Å². The van der Waals surface area contributed by atoms with E-state index in [1.165, 1.54) is 11.3 Å². The van der Waals surface area contributed by atoms with Crippen LogP contribution in [0.2, 0.25) is 0 Å². The number of hydrogen-bond donors (Lipinski definition) is 2. The van der Waals surface area contributed by atoms with Crippen molar-refractivity contribution in [1.82, 2.24) is 10.3 Å². The molecular formula is C14H16N2O2S2. The number of aromatic amines is 1. The van der Waals surface area contributed by atoms with Gasteiger partial charge in [0.1, 0.15) is 5.75 Å². The first-order chi connectivity index (χ1) is 9.58. The summed E-state index contributed by atoms with van der Waals surface area (Å²) in [6.07, 6.45) is 0.361. The second-order valence-electron chi connectivity index (χ2n) is 4.36. The zero-order valence-corrected chi connectivity index (χ0v) is 13.0. The van der Waals surface area contributed by atoms with Gasteiger partial charge in [-0.1, -0.05) is 12.1 Å². The molecule has 0 spiro atoms. The van der Waals surface area contributed by atoms with Gasteiger partial charge >= 0.3 is 0 Å². The van der Waals surface area contributed by atoms with Crippen LogP contribution in [0.1, 0.15) is 16.1 Å². The van der Waals surface area contributed by atoms with Crippen LogP contribution in [0.3, 0.4) is 0 Å². The van der Waals surface area contributed by atoms with E-state index in [1.807, 2.05) is 31.2 Å². The number of carbonyl (C=O) groups is 1. The minimum absolute atomic E-state index is 0.00540. The third-order valence-electron chi connectivity index (χ3n) is 2.89. The Morgan fingerprint density at radius 2 is 2.10 bits per heavy atom. The molecule has 20 heavy (non-hydrogen) atoms. The number of H-pyrrole nitrogens is 1. The lowest BCUT2D eigenvalue weighted by Gasteiger charge is -2.06. The third-order valence-corrected chi connectivity index (χ3v) is 4.23. The number of methoxy groups -OCH3 is 1. The van der Waals surface area contributed by atoms with Crippen molar-refractivity contribution >= 4 is 29.5 Å². The van der Waals surface area contributed by atoms with Crippen molar-refractivity contribution < 1.29 is 9.53 Å². The lowest BCUT2D eigenvalue weighted by molar-refractivity contribution is -0.120. The van der Waals surface area contributed by atoms with E-state index >= 15 is 0 Å². The van der Waals surface area contributed by atoms with Gasteiger partial charge in [-0.25, -0.2) is 0 Å². The molecule has 0 bridgehead atoms. The van der Waals surface area contributed by atoms with Crippen molar-refractivity contribution in [3.05, 3.63) is 44.4 Å². The molecule has 0 saturated heterocycles. The summed E-state index contributed by atoms with van der Waals surface area (Å²) in [7, 11) is 1.63. The Kier molecular flexibility index (Phi) is 4.92. The topological polar surface area (TPSA) is 54.1 Å². The summed E-state index contributed by atoms with van der Waals surface area (Å²) in [4.78, 5) is 15.9. The Morgan fingerprint density at radius 3 is 2.65 bits per heavy atom. The molecule has 106 valence electrons. The fourth-order valence-corrected chi connectivity index (χ4v) is 3.05. The van der Waals surface area contributed by atoms with Gasteiger partial charge in [-0.05, 0) is 36.8 Å². The first kappa shape index (κ1) is 14.7. The van der Waals surface area contributed by atoms with E-state index in [1.54, 1.807) is 7.11 Å². The van der Waals surface area contributed by atoms with E-state index < -0.39 is 0 Å². The number of benzene rings is 1. The average Bonchev–Trinajstić information content (AvgIpc) is 2.75. The third kappa shape index (κ3) is 3.91. The van der Waals surface area contributed by atoms with Crippen molar-refractivity contribution in [1.29, 1.82) is 0 Å². The number of amides is 1. The van der Waals surface area contributed by atoms with Crippen LogP contribution < -0.4 is 10.1 Å². The highest BCUT2D eigenvalue weighted by atomic mass is 32.1. The Morgan fingerprint density at radius 1 is 1.40 bits per heavy atom. The zero-order valence-electron chi connectivity index (χ0n) is 11.4. The minimum Gasteiger partial charge on any atom is -0.497 e. The summed E-state index contributed by atoms with van der Waals surface area (Å²) >= 11 is 6.51. The molecule has 6 heteroatoms. The Hall–Kier alpha value is -1.66. The molecule has 0 aliphatic rings. The summed E-state index contributed by atoms with van der Waals surface area (Å²) in [6.45, 7) is 2.44. The van der Waals surface area contributed by atoms with E-state index in [2.05, 4.69) is 10.3 Å². The Labute approximate surface area is 126 Å². The number of aryl methyl sites for hydroxylation is 1. The van der Waals surface area contributed by atoms with Gasteiger partial charge in [0.05, 0.1) is 13.5 Å². The molecule has 2 rings (SSSR count). The molecule has 0 aliphatic carbocycles. The molecule has 0 fully saturated rings. The van der Waals surface area contributed by atoms with E-state index in [0.29, 0.717) is 16.9 Å². The number of aromatic nitrogens is 1. The Balaban J connectivity index is 1.88. The van der Waals surface area contributed by atoms with Gasteiger partial charge in [0, 0.05) is 17.1 Å². The van der Waals surface area contributed by atoms with Crippen LogP contribution in [0.5, 0.6) is 5.75 Å². The molecule has 1 amide bonds. The van der Waals surface area contributed by atoms with Crippen molar-refractivity contribution in [3.8, 4) is 5.75 Å². The highest BCUT2D eigenvalue weighted by molar-refractivity contribution is 7.73. The summed E-state index contributed by atoms with van der Waals surface area (Å²) in [6, 6.07) is 7.63. The van der Waals surface area contributed by atoms with Crippen LogP contribution in [0.4, 0.5) is 0 Å². The molecular weight excluding hydrogens is 292 g/mol. The second-order valence-corrected chi connectivity index (χ2v) is 6.14. The van der Waals surface area contributed by atoms with Crippen LogP contribution in [0, 0.1) is 10.9 Å². The van der Waals surface area contributed by atoms with Crippen LogP contribution in [-0.4, -0.2) is 18.0 Å². The van der Waals surface area contributed by atoms with Crippen LogP contribution in [-0.2, 0) is 17.8 Å². The zero-order chi connectivity index (χ0) is 14.5. The number of ether oxygens (including phenoxy) is 1. The normalized spacial score (nSPS) is 10.3. The molecule has 1 aromatic heterocycles. The maximum Gasteiger partial charge on any atom is 0.225 e. The van der Waals surface area contributed by atoms with Crippen LogP contribution in [0.25, 0.3) is 0 Å². The first-order valence-electron chi connectivity index (χ1n) is 6.16. The quantitative estimate of drug-likeness (QED) is 0.835. The molecule has 0 aliphatic heterocycles. The maximum absolute atomic E-state index is 11.9. The lowest BCUT2D eigenvalue weighted by atomic mass is 10.2. The van der Waals surface area contributed by atoms with Gasteiger partial charge in [-0.2, -0.15) is 0 Å². The predicted octanol–water partition coefficient (Wildman–Crippen LogP) is 2.98. The number of nitrogens with one attached hydrogen (secondary N) is 2. The van der Waals surface area contributed by atoms with Crippen molar-refractivity contribution in [2.75, 3.05) is 7.11 Å². The van der Waals surface area contributed by atoms with Crippen LogP contribution in [0.15, 0.2) is 24.3 Å². The summed E-state index contributed by atoms with van der Waals surface area (Å²) < 4.78 is 5.80.